The minimum Gasteiger partial charge on any atom is -0.466 e. The minimum absolute atomic E-state index is 0.175. The molecule has 0 bridgehead atoms. The van der Waals surface area contributed by atoms with Gasteiger partial charge in [0.05, 0.1) is 13.2 Å². The molecule has 0 rings (SSSR count). The fourth-order valence-corrected chi connectivity index (χ4v) is 0.822. The smallest absolute Gasteiger partial charge is 0.333 e. The molecular weight excluding hydrogens is 220 g/mol. The molecule has 0 aliphatic heterocycles. The van der Waals surface area contributed by atoms with E-state index in [9.17, 15) is 9.59 Å². The molecule has 17 heavy (non-hydrogen) atoms. The highest BCUT2D eigenvalue weighted by Crippen LogP contribution is 1.93. The zero-order valence-corrected chi connectivity index (χ0v) is 11.4. The molecule has 0 aromatic heterocycles. The number of esters is 2. The van der Waals surface area contributed by atoms with Gasteiger partial charge in [0.25, 0.3) is 0 Å². The first kappa shape index (κ1) is 18.1. The normalized spacial score (nSPS) is 8.71. The lowest BCUT2D eigenvalue weighted by molar-refractivity contribution is -0.141. The number of carbonyl (C=O) groups is 2. The summed E-state index contributed by atoms with van der Waals surface area (Å²) in [6.07, 6.45) is 3.31. The summed E-state index contributed by atoms with van der Waals surface area (Å²) in [5, 5.41) is 0. The number of rotatable bonds is 6. The molecule has 0 aliphatic carbocycles. The molecule has 0 N–H and O–H groups in total. The molecule has 0 aromatic carbocycles. The monoisotopic (exact) mass is 244 g/mol. The maximum atomic E-state index is 10.4. The Hall–Kier alpha value is -1.32. The lowest BCUT2D eigenvalue weighted by Gasteiger charge is -1.98. The SMILES string of the molecule is C=C(C)C(=O)OCC.CCCCCOC(C)=O. The average Bonchev–Trinajstić information content (AvgIpc) is 2.25. The summed E-state index contributed by atoms with van der Waals surface area (Å²) in [5.41, 5.74) is 0.451. The van der Waals surface area contributed by atoms with Crippen molar-refractivity contribution in [3.63, 3.8) is 0 Å². The molecule has 0 fully saturated rings. The van der Waals surface area contributed by atoms with Crippen molar-refractivity contribution in [2.45, 2.75) is 47.0 Å². The molecule has 0 atom stereocenters. The molecule has 0 aliphatic rings. The van der Waals surface area contributed by atoms with Gasteiger partial charge in [-0.05, 0) is 20.3 Å². The highest BCUT2D eigenvalue weighted by molar-refractivity contribution is 5.86. The summed E-state index contributed by atoms with van der Waals surface area (Å²) < 4.78 is 9.27. The predicted octanol–water partition coefficient (Wildman–Crippen LogP) is 2.87. The van der Waals surface area contributed by atoms with Crippen LogP contribution in [0.5, 0.6) is 0 Å². The lowest BCUT2D eigenvalue weighted by Crippen LogP contribution is -2.03. The van der Waals surface area contributed by atoms with Gasteiger partial charge in [-0.3, -0.25) is 4.79 Å². The molecule has 0 spiro atoms. The van der Waals surface area contributed by atoms with Crippen molar-refractivity contribution in [2.24, 2.45) is 0 Å². The summed E-state index contributed by atoms with van der Waals surface area (Å²) in [6, 6.07) is 0. The molecule has 0 aromatic rings. The van der Waals surface area contributed by atoms with Gasteiger partial charge in [-0.2, -0.15) is 0 Å². The van der Waals surface area contributed by atoms with Crippen molar-refractivity contribution in [3.8, 4) is 0 Å². The summed E-state index contributed by atoms with van der Waals surface area (Å²) >= 11 is 0. The third-order valence-corrected chi connectivity index (χ3v) is 1.68. The quantitative estimate of drug-likeness (QED) is 0.409. The molecule has 4 nitrogen and oxygen atoms in total. The first-order chi connectivity index (χ1) is 7.95. The fraction of sp³-hybridized carbons (Fsp3) is 0.692. The van der Waals surface area contributed by atoms with Crippen LogP contribution in [-0.2, 0) is 19.1 Å². The zero-order chi connectivity index (χ0) is 13.7. The van der Waals surface area contributed by atoms with Gasteiger partial charge in [0.1, 0.15) is 0 Å². The first-order valence-electron chi connectivity index (χ1n) is 5.91. The summed E-state index contributed by atoms with van der Waals surface area (Å²) in [6.45, 7) is 11.4. The number of unbranched alkanes of at least 4 members (excludes halogenated alkanes) is 2. The average molecular weight is 244 g/mol. The highest BCUT2D eigenvalue weighted by Gasteiger charge is 1.98. The van der Waals surface area contributed by atoms with E-state index in [1.54, 1.807) is 13.8 Å². The highest BCUT2D eigenvalue weighted by atomic mass is 16.5. The van der Waals surface area contributed by atoms with Crippen LogP contribution in [0.2, 0.25) is 0 Å². The molecule has 0 unspecified atom stereocenters. The number of ether oxygens (including phenoxy) is 2. The second-order valence-electron chi connectivity index (χ2n) is 3.55. The van der Waals surface area contributed by atoms with Crippen molar-refractivity contribution in [2.75, 3.05) is 13.2 Å². The second kappa shape index (κ2) is 12.7. The largest absolute Gasteiger partial charge is 0.466 e. The third kappa shape index (κ3) is 17.3. The Balaban J connectivity index is 0. The second-order valence-corrected chi connectivity index (χ2v) is 3.55. The lowest BCUT2D eigenvalue weighted by atomic mass is 10.3. The number of hydrogen-bond acceptors (Lipinski definition) is 4. The van der Waals surface area contributed by atoms with E-state index in [1.807, 2.05) is 0 Å². The topological polar surface area (TPSA) is 52.6 Å². The Morgan fingerprint density at radius 1 is 1.06 bits per heavy atom. The predicted molar refractivity (Wildman–Crippen MR) is 67.6 cm³/mol. The maximum absolute atomic E-state index is 10.4. The minimum atomic E-state index is -0.312. The zero-order valence-electron chi connectivity index (χ0n) is 11.4. The Labute approximate surface area is 104 Å². The number of carbonyl (C=O) groups excluding carboxylic acids is 2. The van der Waals surface area contributed by atoms with Gasteiger partial charge < -0.3 is 9.47 Å². The molecule has 0 heterocycles. The van der Waals surface area contributed by atoms with Crippen LogP contribution in [-0.4, -0.2) is 25.2 Å². The van der Waals surface area contributed by atoms with Gasteiger partial charge in [0.15, 0.2) is 0 Å². The van der Waals surface area contributed by atoms with Crippen molar-refractivity contribution in [1.29, 1.82) is 0 Å². The van der Waals surface area contributed by atoms with Gasteiger partial charge in [0.2, 0.25) is 0 Å². The van der Waals surface area contributed by atoms with E-state index in [4.69, 9.17) is 4.74 Å². The van der Waals surface area contributed by atoms with Crippen LogP contribution in [0.4, 0.5) is 0 Å². The summed E-state index contributed by atoms with van der Waals surface area (Å²) in [5.74, 6) is -0.487. The molecular formula is C13H24O4. The van der Waals surface area contributed by atoms with Crippen LogP contribution >= 0.6 is 0 Å². The van der Waals surface area contributed by atoms with Crippen LogP contribution < -0.4 is 0 Å². The summed E-state index contributed by atoms with van der Waals surface area (Å²) in [7, 11) is 0. The Morgan fingerprint density at radius 2 is 1.65 bits per heavy atom. The Kier molecular flexibility index (Phi) is 13.5. The Bertz CT molecular complexity index is 234. The van der Waals surface area contributed by atoms with Crippen LogP contribution in [0.3, 0.4) is 0 Å². The summed E-state index contributed by atoms with van der Waals surface area (Å²) in [4.78, 5) is 20.6. The van der Waals surface area contributed by atoms with Crippen molar-refractivity contribution >= 4 is 11.9 Å². The van der Waals surface area contributed by atoms with E-state index in [0.717, 1.165) is 12.8 Å². The van der Waals surface area contributed by atoms with Crippen LogP contribution in [0, 0.1) is 0 Å². The molecule has 0 amide bonds. The van der Waals surface area contributed by atoms with E-state index in [2.05, 4.69) is 18.2 Å². The third-order valence-electron chi connectivity index (χ3n) is 1.68. The van der Waals surface area contributed by atoms with Gasteiger partial charge in [-0.1, -0.05) is 26.3 Å². The van der Waals surface area contributed by atoms with Crippen molar-refractivity contribution < 1.29 is 19.1 Å². The van der Waals surface area contributed by atoms with E-state index in [-0.39, 0.29) is 11.9 Å². The van der Waals surface area contributed by atoms with E-state index >= 15 is 0 Å². The number of hydrogen-bond donors (Lipinski definition) is 0. The van der Waals surface area contributed by atoms with Crippen LogP contribution in [0.15, 0.2) is 12.2 Å². The molecule has 100 valence electrons. The Morgan fingerprint density at radius 3 is 1.94 bits per heavy atom. The fourth-order valence-electron chi connectivity index (χ4n) is 0.822. The van der Waals surface area contributed by atoms with E-state index in [0.29, 0.717) is 18.8 Å². The molecule has 4 heteroatoms. The van der Waals surface area contributed by atoms with Gasteiger partial charge in [-0.25, -0.2) is 4.79 Å². The standard InChI is InChI=1S/C7H14O2.C6H10O2/c1-3-4-5-6-9-7(2)8;1-4-8-6(7)5(2)3/h3-6H2,1-2H3;2,4H2,1,3H3. The molecule has 0 radical (unpaired) electrons. The van der Waals surface area contributed by atoms with Crippen LogP contribution in [0.25, 0.3) is 0 Å². The van der Waals surface area contributed by atoms with Gasteiger partial charge >= 0.3 is 11.9 Å². The molecule has 0 saturated heterocycles. The van der Waals surface area contributed by atoms with Crippen molar-refractivity contribution in [1.82, 2.24) is 0 Å². The van der Waals surface area contributed by atoms with Gasteiger partial charge in [0, 0.05) is 12.5 Å². The molecule has 0 saturated carbocycles. The van der Waals surface area contributed by atoms with Crippen molar-refractivity contribution in [3.05, 3.63) is 12.2 Å². The van der Waals surface area contributed by atoms with Crippen LogP contribution in [0.1, 0.15) is 47.0 Å². The van der Waals surface area contributed by atoms with E-state index < -0.39 is 0 Å². The maximum Gasteiger partial charge on any atom is 0.333 e. The van der Waals surface area contributed by atoms with Gasteiger partial charge in [-0.15, -0.1) is 0 Å². The van der Waals surface area contributed by atoms with E-state index in [1.165, 1.54) is 13.3 Å². The first-order valence-corrected chi connectivity index (χ1v) is 5.91.